The Morgan fingerprint density at radius 2 is 2.08 bits per heavy atom. The van der Waals surface area contributed by atoms with E-state index in [4.69, 9.17) is 10.5 Å². The number of anilines is 2. The average molecular weight is 166 g/mol. The van der Waals surface area contributed by atoms with Gasteiger partial charge in [0, 0.05) is 18.8 Å². The van der Waals surface area contributed by atoms with Crippen molar-refractivity contribution < 1.29 is 4.74 Å². The highest BCUT2D eigenvalue weighted by molar-refractivity contribution is 5.65. The van der Waals surface area contributed by atoms with Gasteiger partial charge < -0.3 is 15.8 Å². The number of aryl methyl sites for hydroxylation is 1. The first-order chi connectivity index (χ1) is 5.69. The van der Waals surface area contributed by atoms with Gasteiger partial charge >= 0.3 is 0 Å². The molecule has 0 spiro atoms. The van der Waals surface area contributed by atoms with Crippen LogP contribution in [0.2, 0.25) is 0 Å². The molecular weight excluding hydrogens is 152 g/mol. The van der Waals surface area contributed by atoms with E-state index in [9.17, 15) is 0 Å². The van der Waals surface area contributed by atoms with Gasteiger partial charge in [-0.05, 0) is 18.6 Å². The zero-order chi connectivity index (χ0) is 9.14. The molecule has 0 saturated heterocycles. The predicted octanol–water partition coefficient (Wildman–Crippen LogP) is 1.63. The van der Waals surface area contributed by atoms with Crippen LogP contribution in [-0.2, 0) is 0 Å². The highest BCUT2D eigenvalue weighted by atomic mass is 16.5. The van der Waals surface area contributed by atoms with Crippen LogP contribution in [0.1, 0.15) is 5.56 Å². The van der Waals surface area contributed by atoms with Crippen LogP contribution in [0.5, 0.6) is 5.75 Å². The summed E-state index contributed by atoms with van der Waals surface area (Å²) in [5.41, 5.74) is 8.54. The van der Waals surface area contributed by atoms with Gasteiger partial charge in [0.15, 0.2) is 0 Å². The molecule has 1 rings (SSSR count). The van der Waals surface area contributed by atoms with E-state index < -0.39 is 0 Å². The van der Waals surface area contributed by atoms with Gasteiger partial charge in [-0.2, -0.15) is 0 Å². The third-order valence-electron chi connectivity index (χ3n) is 1.85. The minimum atomic E-state index is 0.675. The normalized spacial score (nSPS) is 9.58. The molecule has 1 aromatic carbocycles. The number of benzene rings is 1. The summed E-state index contributed by atoms with van der Waals surface area (Å²) in [5, 5.41) is 3.06. The Balaban J connectivity index is 3.18. The standard InChI is InChI=1S/C9H14N2O/c1-6-4-7(10)9(12-3)5-8(6)11-2/h4-5,11H,10H2,1-3H3. The number of nitrogens with two attached hydrogens (primary N) is 1. The highest BCUT2D eigenvalue weighted by Gasteiger charge is 2.02. The molecule has 3 N–H and O–H groups in total. The van der Waals surface area contributed by atoms with Gasteiger partial charge in [0.05, 0.1) is 12.8 Å². The number of hydrogen-bond donors (Lipinski definition) is 2. The number of methoxy groups -OCH3 is 1. The van der Waals surface area contributed by atoms with Crippen molar-refractivity contribution in [2.24, 2.45) is 0 Å². The zero-order valence-corrected chi connectivity index (χ0v) is 7.64. The summed E-state index contributed by atoms with van der Waals surface area (Å²) in [6, 6.07) is 3.79. The van der Waals surface area contributed by atoms with Crippen molar-refractivity contribution in [1.29, 1.82) is 0 Å². The summed E-state index contributed by atoms with van der Waals surface area (Å²) in [7, 11) is 3.48. The molecule has 1 aromatic rings. The molecule has 66 valence electrons. The SMILES string of the molecule is CNc1cc(OC)c(N)cc1C. The van der Waals surface area contributed by atoms with Gasteiger partial charge in [-0.15, -0.1) is 0 Å². The Morgan fingerprint density at radius 3 is 2.58 bits per heavy atom. The lowest BCUT2D eigenvalue weighted by atomic mass is 10.1. The van der Waals surface area contributed by atoms with Crippen LogP contribution in [0.25, 0.3) is 0 Å². The third kappa shape index (κ3) is 1.44. The van der Waals surface area contributed by atoms with Crippen molar-refractivity contribution in [2.45, 2.75) is 6.92 Å². The maximum atomic E-state index is 5.70. The first kappa shape index (κ1) is 8.71. The third-order valence-corrected chi connectivity index (χ3v) is 1.85. The van der Waals surface area contributed by atoms with Crippen LogP contribution in [0.15, 0.2) is 12.1 Å². The van der Waals surface area contributed by atoms with Crippen LogP contribution in [0.4, 0.5) is 11.4 Å². The van der Waals surface area contributed by atoms with Crippen molar-refractivity contribution in [1.82, 2.24) is 0 Å². The molecule has 0 saturated carbocycles. The van der Waals surface area contributed by atoms with E-state index in [1.807, 2.05) is 26.1 Å². The van der Waals surface area contributed by atoms with Crippen LogP contribution in [0.3, 0.4) is 0 Å². The number of ether oxygens (including phenoxy) is 1. The van der Waals surface area contributed by atoms with Crippen molar-refractivity contribution in [2.75, 3.05) is 25.2 Å². The summed E-state index contributed by atoms with van der Waals surface area (Å²) in [5.74, 6) is 0.713. The monoisotopic (exact) mass is 166 g/mol. The van der Waals surface area contributed by atoms with Gasteiger partial charge in [-0.3, -0.25) is 0 Å². The number of hydrogen-bond acceptors (Lipinski definition) is 3. The molecule has 0 aromatic heterocycles. The fourth-order valence-corrected chi connectivity index (χ4v) is 1.16. The Labute approximate surface area is 72.5 Å². The van der Waals surface area contributed by atoms with Crippen molar-refractivity contribution in [3.8, 4) is 5.75 Å². The molecule has 3 heteroatoms. The van der Waals surface area contributed by atoms with E-state index in [0.717, 1.165) is 11.3 Å². The Kier molecular flexibility index (Phi) is 2.43. The van der Waals surface area contributed by atoms with E-state index >= 15 is 0 Å². The quantitative estimate of drug-likeness (QED) is 0.656. The molecule has 0 bridgehead atoms. The second-order valence-electron chi connectivity index (χ2n) is 2.66. The number of nitrogens with one attached hydrogen (secondary N) is 1. The molecule has 3 nitrogen and oxygen atoms in total. The van der Waals surface area contributed by atoms with Gasteiger partial charge in [0.25, 0.3) is 0 Å². The van der Waals surface area contributed by atoms with Crippen LogP contribution in [-0.4, -0.2) is 14.2 Å². The zero-order valence-electron chi connectivity index (χ0n) is 7.64. The molecule has 0 aliphatic carbocycles. The van der Waals surface area contributed by atoms with Crippen LogP contribution in [0, 0.1) is 6.92 Å². The highest BCUT2D eigenvalue weighted by Crippen LogP contribution is 2.28. The second-order valence-corrected chi connectivity index (χ2v) is 2.66. The molecular formula is C9H14N2O. The molecule has 0 aliphatic heterocycles. The summed E-state index contributed by atoms with van der Waals surface area (Å²) in [6.07, 6.45) is 0. The van der Waals surface area contributed by atoms with Crippen molar-refractivity contribution in [3.05, 3.63) is 17.7 Å². The minimum Gasteiger partial charge on any atom is -0.495 e. The summed E-state index contributed by atoms with van der Waals surface area (Å²) >= 11 is 0. The first-order valence-electron chi connectivity index (χ1n) is 3.81. The molecule has 0 heterocycles. The number of nitrogen functional groups attached to an aromatic ring is 1. The Hall–Kier alpha value is -1.38. The smallest absolute Gasteiger partial charge is 0.143 e. The lowest BCUT2D eigenvalue weighted by Crippen LogP contribution is -1.97. The lowest BCUT2D eigenvalue weighted by molar-refractivity contribution is 0.417. The average Bonchev–Trinajstić information content (AvgIpc) is 2.05. The van der Waals surface area contributed by atoms with Crippen molar-refractivity contribution in [3.63, 3.8) is 0 Å². The maximum absolute atomic E-state index is 5.70. The molecule has 0 aliphatic rings. The molecule has 0 atom stereocenters. The van der Waals surface area contributed by atoms with Crippen LogP contribution >= 0.6 is 0 Å². The molecule has 12 heavy (non-hydrogen) atoms. The Bertz CT molecular complexity index is 259. The molecule has 0 fully saturated rings. The summed E-state index contributed by atoms with van der Waals surface area (Å²) in [6.45, 7) is 2.00. The maximum Gasteiger partial charge on any atom is 0.143 e. The molecule has 0 unspecified atom stereocenters. The van der Waals surface area contributed by atoms with E-state index in [0.29, 0.717) is 11.4 Å². The molecule has 0 radical (unpaired) electrons. The Morgan fingerprint density at radius 1 is 1.42 bits per heavy atom. The van der Waals surface area contributed by atoms with E-state index in [-0.39, 0.29) is 0 Å². The first-order valence-corrected chi connectivity index (χ1v) is 3.81. The minimum absolute atomic E-state index is 0.675. The largest absolute Gasteiger partial charge is 0.495 e. The lowest BCUT2D eigenvalue weighted by Gasteiger charge is -2.10. The second kappa shape index (κ2) is 3.34. The van der Waals surface area contributed by atoms with Gasteiger partial charge in [0.2, 0.25) is 0 Å². The summed E-state index contributed by atoms with van der Waals surface area (Å²) < 4.78 is 5.08. The van der Waals surface area contributed by atoms with Gasteiger partial charge in [-0.25, -0.2) is 0 Å². The van der Waals surface area contributed by atoms with Gasteiger partial charge in [0.1, 0.15) is 5.75 Å². The topological polar surface area (TPSA) is 47.3 Å². The van der Waals surface area contributed by atoms with Crippen LogP contribution < -0.4 is 15.8 Å². The summed E-state index contributed by atoms with van der Waals surface area (Å²) in [4.78, 5) is 0. The fraction of sp³-hybridized carbons (Fsp3) is 0.333. The fourth-order valence-electron chi connectivity index (χ4n) is 1.16. The number of rotatable bonds is 2. The predicted molar refractivity (Wildman–Crippen MR) is 51.7 cm³/mol. The van der Waals surface area contributed by atoms with Crippen molar-refractivity contribution >= 4 is 11.4 Å². The van der Waals surface area contributed by atoms with E-state index in [2.05, 4.69) is 5.32 Å². The van der Waals surface area contributed by atoms with E-state index in [1.54, 1.807) is 7.11 Å². The molecule has 0 amide bonds. The van der Waals surface area contributed by atoms with Gasteiger partial charge in [-0.1, -0.05) is 0 Å². The van der Waals surface area contributed by atoms with E-state index in [1.165, 1.54) is 0 Å².